The molecular formula is C8H9Cl2F2NO. The first-order valence-electron chi connectivity index (χ1n) is 3.54. The lowest BCUT2D eigenvalue weighted by atomic mass is 10.1. The van der Waals surface area contributed by atoms with Crippen molar-refractivity contribution < 1.29 is 13.9 Å². The number of hydrogen-bond donors (Lipinski definition) is 2. The average Bonchev–Trinajstić information content (AvgIpc) is 2.08. The molecule has 0 aromatic heterocycles. The van der Waals surface area contributed by atoms with Crippen LogP contribution in [0, 0.1) is 0 Å². The van der Waals surface area contributed by atoms with Gasteiger partial charge >= 0.3 is 0 Å². The number of aromatic hydroxyl groups is 1. The minimum Gasteiger partial charge on any atom is -0.508 e. The van der Waals surface area contributed by atoms with E-state index in [2.05, 4.69) is 0 Å². The Morgan fingerprint density at radius 2 is 1.93 bits per heavy atom. The van der Waals surface area contributed by atoms with Gasteiger partial charge in [0.1, 0.15) is 5.75 Å². The maximum atomic E-state index is 12.1. The monoisotopic (exact) mass is 243 g/mol. The van der Waals surface area contributed by atoms with E-state index in [4.69, 9.17) is 17.3 Å². The minimum absolute atomic E-state index is 0. The van der Waals surface area contributed by atoms with E-state index in [0.717, 1.165) is 0 Å². The van der Waals surface area contributed by atoms with Gasteiger partial charge in [-0.1, -0.05) is 11.6 Å². The van der Waals surface area contributed by atoms with Crippen LogP contribution in [0.3, 0.4) is 0 Å². The van der Waals surface area contributed by atoms with Crippen LogP contribution in [0.5, 0.6) is 5.75 Å². The highest BCUT2D eigenvalue weighted by molar-refractivity contribution is 6.30. The van der Waals surface area contributed by atoms with Crippen molar-refractivity contribution in [2.24, 2.45) is 5.73 Å². The first-order chi connectivity index (χ1) is 6.02. The third-order valence-corrected chi connectivity index (χ3v) is 1.86. The van der Waals surface area contributed by atoms with Gasteiger partial charge in [0.25, 0.3) is 6.43 Å². The van der Waals surface area contributed by atoms with Crippen molar-refractivity contribution in [2.45, 2.75) is 12.5 Å². The van der Waals surface area contributed by atoms with E-state index in [1.165, 1.54) is 18.2 Å². The standard InChI is InChI=1S/C8H8ClF2NO.ClH/c9-4-1-2-6(13)5(3-4)7(12)8(10)11;/h1-3,7-8,13H,12H2;1H/t7-;/m1./s1. The summed E-state index contributed by atoms with van der Waals surface area (Å²) in [7, 11) is 0. The number of nitrogens with two attached hydrogens (primary N) is 1. The van der Waals surface area contributed by atoms with Gasteiger partial charge in [0.15, 0.2) is 0 Å². The van der Waals surface area contributed by atoms with E-state index in [1.54, 1.807) is 0 Å². The Morgan fingerprint density at radius 3 is 2.43 bits per heavy atom. The summed E-state index contributed by atoms with van der Waals surface area (Å²) in [5.74, 6) is -0.266. The number of hydrogen-bond acceptors (Lipinski definition) is 2. The molecule has 0 bridgehead atoms. The molecule has 0 aliphatic heterocycles. The third kappa shape index (κ3) is 2.97. The Balaban J connectivity index is 0.00000169. The van der Waals surface area contributed by atoms with E-state index >= 15 is 0 Å². The topological polar surface area (TPSA) is 46.2 Å². The molecule has 0 radical (unpaired) electrons. The second-order valence-corrected chi connectivity index (χ2v) is 3.00. The van der Waals surface area contributed by atoms with Gasteiger partial charge in [-0.25, -0.2) is 8.78 Å². The number of alkyl halides is 2. The number of halogens is 4. The fourth-order valence-corrected chi connectivity index (χ4v) is 1.11. The van der Waals surface area contributed by atoms with Crippen molar-refractivity contribution in [1.29, 1.82) is 0 Å². The first kappa shape index (κ1) is 13.4. The molecule has 0 unspecified atom stereocenters. The lowest BCUT2D eigenvalue weighted by Gasteiger charge is -2.12. The Labute approximate surface area is 91.1 Å². The summed E-state index contributed by atoms with van der Waals surface area (Å²) in [4.78, 5) is 0. The molecule has 2 nitrogen and oxygen atoms in total. The van der Waals surface area contributed by atoms with Gasteiger partial charge in [0.05, 0.1) is 6.04 Å². The van der Waals surface area contributed by atoms with Crippen molar-refractivity contribution in [1.82, 2.24) is 0 Å². The fraction of sp³-hybridized carbons (Fsp3) is 0.250. The molecule has 1 aromatic rings. The smallest absolute Gasteiger partial charge is 0.257 e. The zero-order valence-electron chi connectivity index (χ0n) is 6.95. The van der Waals surface area contributed by atoms with E-state index in [1.807, 2.05) is 0 Å². The molecule has 6 heteroatoms. The second kappa shape index (κ2) is 5.34. The van der Waals surface area contributed by atoms with Crippen LogP contribution in [-0.4, -0.2) is 11.5 Å². The average molecular weight is 244 g/mol. The van der Waals surface area contributed by atoms with E-state index < -0.39 is 12.5 Å². The highest BCUT2D eigenvalue weighted by Gasteiger charge is 2.20. The van der Waals surface area contributed by atoms with Crippen LogP contribution in [0.15, 0.2) is 18.2 Å². The summed E-state index contributed by atoms with van der Waals surface area (Å²) in [6, 6.07) is 2.37. The molecule has 0 saturated heterocycles. The van der Waals surface area contributed by atoms with Crippen LogP contribution in [0.2, 0.25) is 5.02 Å². The van der Waals surface area contributed by atoms with Gasteiger partial charge in [0, 0.05) is 10.6 Å². The zero-order valence-corrected chi connectivity index (χ0v) is 8.53. The molecule has 14 heavy (non-hydrogen) atoms. The second-order valence-electron chi connectivity index (χ2n) is 2.56. The molecule has 0 fully saturated rings. The molecule has 0 heterocycles. The SMILES string of the molecule is Cl.N[C@H](c1cc(Cl)ccc1O)C(F)F. The van der Waals surface area contributed by atoms with Crippen molar-refractivity contribution in [3.63, 3.8) is 0 Å². The Morgan fingerprint density at radius 1 is 1.36 bits per heavy atom. The van der Waals surface area contributed by atoms with Gasteiger partial charge in [-0.15, -0.1) is 12.4 Å². The number of rotatable bonds is 2. The van der Waals surface area contributed by atoms with Crippen molar-refractivity contribution >= 4 is 24.0 Å². The van der Waals surface area contributed by atoms with Crippen molar-refractivity contribution in [3.05, 3.63) is 28.8 Å². The molecular weight excluding hydrogens is 235 g/mol. The minimum atomic E-state index is -2.72. The molecule has 1 rings (SSSR count). The summed E-state index contributed by atoms with van der Waals surface area (Å²) < 4.78 is 24.3. The van der Waals surface area contributed by atoms with Gasteiger partial charge in [0.2, 0.25) is 0 Å². The molecule has 0 spiro atoms. The molecule has 0 saturated carbocycles. The summed E-state index contributed by atoms with van der Waals surface area (Å²) in [6.45, 7) is 0. The first-order valence-corrected chi connectivity index (χ1v) is 3.92. The summed E-state index contributed by atoms with van der Waals surface area (Å²) in [5.41, 5.74) is 5.10. The zero-order chi connectivity index (χ0) is 10.0. The Hall–Kier alpha value is -0.580. The number of benzene rings is 1. The highest BCUT2D eigenvalue weighted by atomic mass is 35.5. The number of phenols is 1. The van der Waals surface area contributed by atoms with Crippen molar-refractivity contribution in [3.8, 4) is 5.75 Å². The van der Waals surface area contributed by atoms with E-state index in [-0.39, 0.29) is 28.7 Å². The van der Waals surface area contributed by atoms with E-state index in [0.29, 0.717) is 0 Å². The van der Waals surface area contributed by atoms with Crippen LogP contribution in [0.25, 0.3) is 0 Å². The normalized spacial score (nSPS) is 12.4. The third-order valence-electron chi connectivity index (χ3n) is 1.62. The van der Waals surface area contributed by atoms with Crippen LogP contribution in [-0.2, 0) is 0 Å². The predicted molar refractivity (Wildman–Crippen MR) is 53.3 cm³/mol. The molecule has 80 valence electrons. The van der Waals surface area contributed by atoms with E-state index in [9.17, 15) is 13.9 Å². The fourth-order valence-electron chi connectivity index (χ4n) is 0.928. The van der Waals surface area contributed by atoms with Gasteiger partial charge < -0.3 is 10.8 Å². The summed E-state index contributed by atoms with van der Waals surface area (Å²) in [6.07, 6.45) is -2.72. The van der Waals surface area contributed by atoms with Crippen molar-refractivity contribution in [2.75, 3.05) is 0 Å². The van der Waals surface area contributed by atoms with Crippen LogP contribution < -0.4 is 5.73 Å². The highest BCUT2D eigenvalue weighted by Crippen LogP contribution is 2.29. The maximum absolute atomic E-state index is 12.1. The molecule has 1 aromatic carbocycles. The predicted octanol–water partition coefficient (Wildman–Crippen LogP) is 2.73. The molecule has 0 aliphatic carbocycles. The molecule has 1 atom stereocenters. The van der Waals surface area contributed by atoms with Gasteiger partial charge in [-0.05, 0) is 18.2 Å². The Kier molecular flexibility index (Phi) is 5.12. The lowest BCUT2D eigenvalue weighted by Crippen LogP contribution is -2.18. The van der Waals surface area contributed by atoms with Crippen LogP contribution >= 0.6 is 24.0 Å². The van der Waals surface area contributed by atoms with Crippen LogP contribution in [0.4, 0.5) is 8.78 Å². The Bertz CT molecular complexity index is 309. The molecule has 0 amide bonds. The quantitative estimate of drug-likeness (QED) is 0.840. The largest absolute Gasteiger partial charge is 0.508 e. The lowest BCUT2D eigenvalue weighted by molar-refractivity contribution is 0.115. The van der Waals surface area contributed by atoms with Gasteiger partial charge in [-0.2, -0.15) is 0 Å². The number of phenolic OH excluding ortho intramolecular Hbond substituents is 1. The summed E-state index contributed by atoms with van der Waals surface area (Å²) in [5, 5.41) is 9.45. The molecule has 3 N–H and O–H groups in total. The molecule has 0 aliphatic rings. The maximum Gasteiger partial charge on any atom is 0.257 e. The van der Waals surface area contributed by atoms with Gasteiger partial charge in [-0.3, -0.25) is 0 Å². The van der Waals surface area contributed by atoms with Crippen LogP contribution in [0.1, 0.15) is 11.6 Å². The summed E-state index contributed by atoms with van der Waals surface area (Å²) >= 11 is 5.55.